The van der Waals surface area contributed by atoms with Crippen LogP contribution >= 0.6 is 31.9 Å². The van der Waals surface area contributed by atoms with Crippen LogP contribution in [0, 0.1) is 11.3 Å². The maximum Gasteiger partial charge on any atom is 0.338 e. The van der Waals surface area contributed by atoms with Crippen molar-refractivity contribution in [1.82, 2.24) is 0 Å². The Labute approximate surface area is 158 Å². The third-order valence-electron chi connectivity index (χ3n) is 4.80. The van der Waals surface area contributed by atoms with Gasteiger partial charge in [-0.3, -0.25) is 4.79 Å². The lowest BCUT2D eigenvalue weighted by Gasteiger charge is -2.15. The smallest absolute Gasteiger partial charge is 0.338 e. The van der Waals surface area contributed by atoms with Crippen LogP contribution in [0.3, 0.4) is 0 Å². The van der Waals surface area contributed by atoms with Gasteiger partial charge in [0.1, 0.15) is 9.84 Å². The Bertz CT molecular complexity index is 696. The number of esters is 2. The Kier molecular flexibility index (Phi) is 5.60. The molecule has 0 saturated heterocycles. The Morgan fingerprint density at radius 1 is 1.29 bits per heavy atom. The van der Waals surface area contributed by atoms with E-state index in [2.05, 4.69) is 31.9 Å². The van der Waals surface area contributed by atoms with Crippen LogP contribution in [0.1, 0.15) is 31.9 Å². The number of carbonyl (C=O) groups excluding carboxylic acids is 2. The van der Waals surface area contributed by atoms with Crippen molar-refractivity contribution in [2.24, 2.45) is 11.3 Å². The molecule has 0 spiro atoms. The molecule has 1 fully saturated rings. The molecule has 0 aliphatic heterocycles. The summed E-state index contributed by atoms with van der Waals surface area (Å²) < 4.78 is 9.92. The molecule has 6 heteroatoms. The van der Waals surface area contributed by atoms with Crippen molar-refractivity contribution in [3.8, 4) is 0 Å². The molecule has 0 aromatic heterocycles. The van der Waals surface area contributed by atoms with Crippen LogP contribution in [-0.2, 0) is 25.7 Å². The molecule has 0 amide bonds. The molecule has 1 aromatic rings. The maximum absolute atomic E-state index is 12.5. The zero-order valence-corrected chi connectivity index (χ0v) is 17.2. The van der Waals surface area contributed by atoms with Gasteiger partial charge in [-0.15, -0.1) is 0 Å². The Hall–Kier alpha value is -1.14. The largest absolute Gasteiger partial charge is 0.465 e. The molecular formula is C18H20Br2O4. The predicted octanol–water partition coefficient (Wildman–Crippen LogP) is 4.45. The molecule has 2 unspecified atom stereocenters. The molecule has 0 N–H and O–H groups in total. The van der Waals surface area contributed by atoms with E-state index in [9.17, 15) is 9.59 Å². The van der Waals surface area contributed by atoms with Gasteiger partial charge in [0.2, 0.25) is 0 Å². The minimum Gasteiger partial charge on any atom is -0.465 e. The standard InChI is InChI=1S/C18H20Br2O4/c1-5-13(15(21)23-4)14-9-7-6-8-12(14)10-24-16(22)17(3)11(2)18(17,19)20/h5-9,11H,10H2,1-4H3. The van der Waals surface area contributed by atoms with Crippen LogP contribution in [0.25, 0.3) is 5.57 Å². The minimum absolute atomic E-state index is 0.0989. The van der Waals surface area contributed by atoms with Gasteiger partial charge < -0.3 is 9.47 Å². The average Bonchev–Trinajstić information content (AvgIpc) is 2.98. The summed E-state index contributed by atoms with van der Waals surface area (Å²) >= 11 is 7.05. The van der Waals surface area contributed by atoms with E-state index in [1.165, 1.54) is 7.11 Å². The highest BCUT2D eigenvalue weighted by molar-refractivity contribution is 9.25. The molecule has 1 aliphatic rings. The average molecular weight is 460 g/mol. The zero-order chi connectivity index (χ0) is 18.1. The highest BCUT2D eigenvalue weighted by Gasteiger charge is 2.74. The zero-order valence-electron chi connectivity index (χ0n) is 14.1. The van der Waals surface area contributed by atoms with Crippen molar-refractivity contribution in [3.63, 3.8) is 0 Å². The summed E-state index contributed by atoms with van der Waals surface area (Å²) in [7, 11) is 1.34. The van der Waals surface area contributed by atoms with Gasteiger partial charge in [-0.05, 0) is 25.0 Å². The van der Waals surface area contributed by atoms with E-state index in [-0.39, 0.29) is 18.5 Å². The number of allylic oxidation sites excluding steroid dienone is 1. The summed E-state index contributed by atoms with van der Waals surface area (Å²) in [4.78, 5) is 24.4. The van der Waals surface area contributed by atoms with Crippen LogP contribution < -0.4 is 0 Å². The second-order valence-electron chi connectivity index (χ2n) is 5.97. The maximum atomic E-state index is 12.5. The van der Waals surface area contributed by atoms with E-state index in [1.807, 2.05) is 38.1 Å². The monoisotopic (exact) mass is 458 g/mol. The van der Waals surface area contributed by atoms with Crippen LogP contribution in [0.15, 0.2) is 30.3 Å². The van der Waals surface area contributed by atoms with E-state index in [0.717, 1.165) is 5.56 Å². The van der Waals surface area contributed by atoms with E-state index in [4.69, 9.17) is 9.47 Å². The molecule has 1 saturated carbocycles. The molecule has 4 nitrogen and oxygen atoms in total. The van der Waals surface area contributed by atoms with E-state index in [1.54, 1.807) is 13.0 Å². The molecule has 130 valence electrons. The topological polar surface area (TPSA) is 52.6 Å². The normalized spacial score (nSPS) is 25.1. The lowest BCUT2D eigenvalue weighted by molar-refractivity contribution is -0.151. The first-order valence-corrected chi connectivity index (χ1v) is 9.18. The first-order valence-electron chi connectivity index (χ1n) is 7.59. The first-order chi connectivity index (χ1) is 11.2. The summed E-state index contributed by atoms with van der Waals surface area (Å²) in [5.41, 5.74) is 1.30. The van der Waals surface area contributed by atoms with Crippen molar-refractivity contribution < 1.29 is 19.1 Å². The van der Waals surface area contributed by atoms with Gasteiger partial charge in [-0.1, -0.05) is 69.1 Å². The molecule has 1 aliphatic carbocycles. The fourth-order valence-electron chi connectivity index (χ4n) is 2.74. The van der Waals surface area contributed by atoms with E-state index >= 15 is 0 Å². The second kappa shape index (κ2) is 7.00. The van der Waals surface area contributed by atoms with Crippen LogP contribution in [-0.4, -0.2) is 22.3 Å². The van der Waals surface area contributed by atoms with E-state index in [0.29, 0.717) is 11.1 Å². The second-order valence-corrected chi connectivity index (χ2v) is 9.54. The number of methoxy groups -OCH3 is 1. The van der Waals surface area contributed by atoms with Gasteiger partial charge in [0.15, 0.2) is 0 Å². The molecule has 1 aromatic carbocycles. The third kappa shape index (κ3) is 3.06. The number of alkyl halides is 2. The molecule has 2 atom stereocenters. The summed E-state index contributed by atoms with van der Waals surface area (Å²) in [5.74, 6) is -0.577. The quantitative estimate of drug-likeness (QED) is 0.371. The van der Waals surface area contributed by atoms with Crippen LogP contribution in [0.2, 0.25) is 0 Å². The molecule has 0 bridgehead atoms. The van der Waals surface area contributed by atoms with Gasteiger partial charge in [0.05, 0.1) is 18.1 Å². The third-order valence-corrected chi connectivity index (χ3v) is 7.82. The van der Waals surface area contributed by atoms with Crippen molar-refractivity contribution >= 4 is 49.4 Å². The fourth-order valence-corrected chi connectivity index (χ4v) is 4.44. The first kappa shape index (κ1) is 19.2. The number of halogens is 2. The highest BCUT2D eigenvalue weighted by atomic mass is 79.9. The van der Waals surface area contributed by atoms with Gasteiger partial charge in [0.25, 0.3) is 0 Å². The van der Waals surface area contributed by atoms with Gasteiger partial charge in [-0.25, -0.2) is 4.79 Å². The number of hydrogen-bond acceptors (Lipinski definition) is 4. The van der Waals surface area contributed by atoms with Crippen LogP contribution in [0.5, 0.6) is 0 Å². The SMILES string of the molecule is CC=C(C(=O)OC)c1ccccc1COC(=O)C1(C)C(C)C1(Br)Br. The van der Waals surface area contributed by atoms with Gasteiger partial charge in [0, 0.05) is 5.92 Å². The number of carbonyl (C=O) groups is 2. The molecule has 0 heterocycles. The van der Waals surface area contributed by atoms with Gasteiger partial charge in [-0.2, -0.15) is 0 Å². The minimum atomic E-state index is -0.617. The molecule has 24 heavy (non-hydrogen) atoms. The summed E-state index contributed by atoms with van der Waals surface area (Å²) in [5, 5.41) is 0. The van der Waals surface area contributed by atoms with E-state index < -0.39 is 14.6 Å². The predicted molar refractivity (Wildman–Crippen MR) is 99.8 cm³/mol. The molecule has 2 rings (SSSR count). The fraction of sp³-hybridized carbons (Fsp3) is 0.444. The number of benzene rings is 1. The Morgan fingerprint density at radius 3 is 2.38 bits per heavy atom. The summed E-state index contributed by atoms with van der Waals surface area (Å²) in [6, 6.07) is 7.33. The van der Waals surface area contributed by atoms with Gasteiger partial charge >= 0.3 is 11.9 Å². The lowest BCUT2D eigenvalue weighted by Crippen LogP contribution is -2.21. The Balaban J connectivity index is 2.18. The Morgan fingerprint density at radius 2 is 1.88 bits per heavy atom. The van der Waals surface area contributed by atoms with Crippen LogP contribution in [0.4, 0.5) is 0 Å². The summed E-state index contributed by atoms with van der Waals surface area (Å²) in [6.07, 6.45) is 1.69. The molecular weight excluding hydrogens is 440 g/mol. The molecule has 0 radical (unpaired) electrons. The number of rotatable bonds is 5. The summed E-state index contributed by atoms with van der Waals surface area (Å²) in [6.45, 7) is 5.71. The van der Waals surface area contributed by atoms with Crippen molar-refractivity contribution in [2.75, 3.05) is 7.11 Å². The van der Waals surface area contributed by atoms with Crippen molar-refractivity contribution in [1.29, 1.82) is 0 Å². The highest BCUT2D eigenvalue weighted by Crippen LogP contribution is 2.71. The lowest BCUT2D eigenvalue weighted by atomic mass is 10.00. The van der Waals surface area contributed by atoms with Crippen molar-refractivity contribution in [2.45, 2.75) is 30.6 Å². The number of hydrogen-bond donors (Lipinski definition) is 0. The number of ether oxygens (including phenoxy) is 2. The van der Waals surface area contributed by atoms with Crippen molar-refractivity contribution in [3.05, 3.63) is 41.5 Å².